The van der Waals surface area contributed by atoms with Crippen molar-refractivity contribution in [3.8, 4) is 5.75 Å². The molecule has 0 fully saturated rings. The first-order valence-electron chi connectivity index (χ1n) is 7.08. The molecule has 1 aromatic heterocycles. The minimum Gasteiger partial charge on any atom is -0.489 e. The van der Waals surface area contributed by atoms with Crippen LogP contribution in [0.15, 0.2) is 42.7 Å². The van der Waals surface area contributed by atoms with E-state index in [2.05, 4.69) is 54.1 Å². The third kappa shape index (κ3) is 2.99. The highest BCUT2D eigenvalue weighted by molar-refractivity contribution is 5.37. The fraction of sp³-hybridized carbons (Fsp3) is 0.353. The second-order valence-electron chi connectivity index (χ2n) is 5.56. The van der Waals surface area contributed by atoms with Crippen molar-refractivity contribution in [1.82, 2.24) is 9.88 Å². The zero-order valence-electron chi connectivity index (χ0n) is 12.0. The summed E-state index contributed by atoms with van der Waals surface area (Å²) >= 11 is 0. The number of hydrogen-bond acceptors (Lipinski definition) is 3. The molecule has 1 unspecified atom stereocenters. The molecule has 1 aliphatic heterocycles. The van der Waals surface area contributed by atoms with Gasteiger partial charge in [-0.15, -0.1) is 0 Å². The van der Waals surface area contributed by atoms with Gasteiger partial charge in [0.25, 0.3) is 0 Å². The number of rotatable bonds is 2. The molecule has 1 atom stereocenters. The average molecular weight is 268 g/mol. The smallest absolute Gasteiger partial charge is 0.124 e. The Hall–Kier alpha value is -1.87. The van der Waals surface area contributed by atoms with E-state index in [0.29, 0.717) is 0 Å². The maximum atomic E-state index is 6.03. The monoisotopic (exact) mass is 268 g/mol. The van der Waals surface area contributed by atoms with Crippen molar-refractivity contribution in [2.75, 3.05) is 6.54 Å². The van der Waals surface area contributed by atoms with Gasteiger partial charge >= 0.3 is 0 Å². The Morgan fingerprint density at radius 1 is 1.25 bits per heavy atom. The highest BCUT2D eigenvalue weighted by atomic mass is 16.5. The van der Waals surface area contributed by atoms with Gasteiger partial charge in [-0.2, -0.15) is 0 Å². The molecule has 0 saturated carbocycles. The Balaban J connectivity index is 1.83. The Morgan fingerprint density at radius 2 is 2.05 bits per heavy atom. The summed E-state index contributed by atoms with van der Waals surface area (Å²) in [5, 5.41) is 0. The summed E-state index contributed by atoms with van der Waals surface area (Å²) in [5.74, 6) is 1.03. The second-order valence-corrected chi connectivity index (χ2v) is 5.56. The highest BCUT2D eigenvalue weighted by Crippen LogP contribution is 2.26. The van der Waals surface area contributed by atoms with Gasteiger partial charge in [0, 0.05) is 37.6 Å². The lowest BCUT2D eigenvalue weighted by Crippen LogP contribution is -2.30. The molecule has 0 N–H and O–H groups in total. The van der Waals surface area contributed by atoms with Crippen molar-refractivity contribution in [3.63, 3.8) is 0 Å². The fourth-order valence-corrected chi connectivity index (χ4v) is 2.74. The molecule has 0 radical (unpaired) electrons. The van der Waals surface area contributed by atoms with E-state index in [0.717, 1.165) is 25.4 Å². The fourth-order valence-electron chi connectivity index (χ4n) is 2.74. The topological polar surface area (TPSA) is 25.4 Å². The lowest BCUT2D eigenvalue weighted by Gasteiger charge is -2.21. The standard InChI is InChI=1S/C17H20N2O/c1-13-3-4-17-16(9-13)12-19(10-14(2)20-17)11-15-5-7-18-8-6-15/h3-9,14H,10-12H2,1-2H3. The van der Waals surface area contributed by atoms with Gasteiger partial charge in [0.1, 0.15) is 11.9 Å². The predicted octanol–water partition coefficient (Wildman–Crippen LogP) is 3.17. The molecular formula is C17H20N2O. The zero-order chi connectivity index (χ0) is 13.9. The number of fused-ring (bicyclic) bond motifs is 1. The molecule has 2 aromatic rings. The minimum atomic E-state index is 0.209. The number of aryl methyl sites for hydroxylation is 1. The van der Waals surface area contributed by atoms with E-state index in [-0.39, 0.29) is 6.10 Å². The van der Waals surface area contributed by atoms with E-state index in [9.17, 15) is 0 Å². The van der Waals surface area contributed by atoms with Crippen LogP contribution in [0.25, 0.3) is 0 Å². The SMILES string of the molecule is Cc1ccc2c(c1)CN(Cc1ccncc1)CC(C)O2. The van der Waals surface area contributed by atoms with Crippen molar-refractivity contribution in [1.29, 1.82) is 0 Å². The maximum Gasteiger partial charge on any atom is 0.124 e. The molecule has 3 heteroatoms. The highest BCUT2D eigenvalue weighted by Gasteiger charge is 2.20. The summed E-state index contributed by atoms with van der Waals surface area (Å²) in [6, 6.07) is 10.6. The molecule has 1 aliphatic rings. The van der Waals surface area contributed by atoms with Crippen molar-refractivity contribution >= 4 is 0 Å². The first-order valence-corrected chi connectivity index (χ1v) is 7.08. The number of hydrogen-bond donors (Lipinski definition) is 0. The van der Waals surface area contributed by atoms with Gasteiger partial charge in [0.2, 0.25) is 0 Å². The summed E-state index contributed by atoms with van der Waals surface area (Å²) in [4.78, 5) is 6.51. The Labute approximate surface area is 120 Å². The Morgan fingerprint density at radius 3 is 2.85 bits per heavy atom. The van der Waals surface area contributed by atoms with Gasteiger partial charge in [-0.25, -0.2) is 0 Å². The van der Waals surface area contributed by atoms with Crippen LogP contribution in [-0.4, -0.2) is 22.5 Å². The average Bonchev–Trinajstić information content (AvgIpc) is 2.57. The summed E-state index contributed by atoms with van der Waals surface area (Å²) in [6.45, 7) is 7.07. The largest absolute Gasteiger partial charge is 0.489 e. The second kappa shape index (κ2) is 5.63. The molecule has 0 amide bonds. The van der Waals surface area contributed by atoms with Gasteiger partial charge in [-0.05, 0) is 37.6 Å². The van der Waals surface area contributed by atoms with E-state index in [1.165, 1.54) is 16.7 Å². The molecule has 3 rings (SSSR count). The quantitative estimate of drug-likeness (QED) is 0.836. The van der Waals surface area contributed by atoms with Crippen LogP contribution in [0.1, 0.15) is 23.6 Å². The number of benzene rings is 1. The molecule has 104 valence electrons. The van der Waals surface area contributed by atoms with Crippen LogP contribution in [0.3, 0.4) is 0 Å². The maximum absolute atomic E-state index is 6.03. The summed E-state index contributed by atoms with van der Waals surface area (Å²) in [6.07, 6.45) is 3.91. The molecule has 0 spiro atoms. The molecule has 20 heavy (non-hydrogen) atoms. The van der Waals surface area contributed by atoms with E-state index >= 15 is 0 Å². The number of aromatic nitrogens is 1. The van der Waals surface area contributed by atoms with Crippen molar-refractivity contribution in [3.05, 3.63) is 59.4 Å². The van der Waals surface area contributed by atoms with Crippen LogP contribution < -0.4 is 4.74 Å². The Kier molecular flexibility index (Phi) is 3.70. The van der Waals surface area contributed by atoms with Crippen LogP contribution >= 0.6 is 0 Å². The van der Waals surface area contributed by atoms with Crippen LogP contribution in [0, 0.1) is 6.92 Å². The lowest BCUT2D eigenvalue weighted by molar-refractivity contribution is 0.156. The zero-order valence-corrected chi connectivity index (χ0v) is 12.0. The third-order valence-electron chi connectivity index (χ3n) is 3.61. The van der Waals surface area contributed by atoms with Gasteiger partial charge in [-0.1, -0.05) is 17.7 Å². The molecule has 3 nitrogen and oxygen atoms in total. The van der Waals surface area contributed by atoms with Crippen molar-refractivity contribution in [2.45, 2.75) is 33.0 Å². The minimum absolute atomic E-state index is 0.209. The van der Waals surface area contributed by atoms with Gasteiger partial charge in [0.05, 0.1) is 0 Å². The third-order valence-corrected chi connectivity index (χ3v) is 3.61. The van der Waals surface area contributed by atoms with Gasteiger partial charge < -0.3 is 4.74 Å². The Bertz CT molecular complexity index is 583. The normalized spacial score (nSPS) is 19.0. The molecule has 1 aromatic carbocycles. The number of nitrogens with zero attached hydrogens (tertiary/aromatic N) is 2. The summed E-state index contributed by atoms with van der Waals surface area (Å²) in [7, 11) is 0. The number of ether oxygens (including phenoxy) is 1. The molecule has 0 bridgehead atoms. The van der Waals surface area contributed by atoms with E-state index in [4.69, 9.17) is 4.74 Å². The van der Waals surface area contributed by atoms with Crippen LogP contribution in [-0.2, 0) is 13.1 Å². The molecular weight excluding hydrogens is 248 g/mol. The van der Waals surface area contributed by atoms with Crippen LogP contribution in [0.2, 0.25) is 0 Å². The first kappa shape index (κ1) is 13.1. The lowest BCUT2D eigenvalue weighted by atomic mass is 10.1. The van der Waals surface area contributed by atoms with E-state index in [1.54, 1.807) is 0 Å². The first-order chi connectivity index (χ1) is 9.70. The molecule has 0 aliphatic carbocycles. The molecule has 2 heterocycles. The molecule has 0 saturated heterocycles. The summed E-state index contributed by atoms with van der Waals surface area (Å²) in [5.41, 5.74) is 3.86. The van der Waals surface area contributed by atoms with E-state index in [1.807, 2.05) is 12.4 Å². The summed E-state index contributed by atoms with van der Waals surface area (Å²) < 4.78 is 6.03. The van der Waals surface area contributed by atoms with Crippen molar-refractivity contribution in [2.24, 2.45) is 0 Å². The van der Waals surface area contributed by atoms with Gasteiger partial charge in [-0.3, -0.25) is 9.88 Å². The van der Waals surface area contributed by atoms with Crippen LogP contribution in [0.5, 0.6) is 5.75 Å². The predicted molar refractivity (Wildman–Crippen MR) is 79.6 cm³/mol. The van der Waals surface area contributed by atoms with Crippen LogP contribution in [0.4, 0.5) is 0 Å². The van der Waals surface area contributed by atoms with Crippen molar-refractivity contribution < 1.29 is 4.74 Å². The number of pyridine rings is 1. The van der Waals surface area contributed by atoms with Gasteiger partial charge in [0.15, 0.2) is 0 Å². The van der Waals surface area contributed by atoms with E-state index < -0.39 is 0 Å².